The number of carbonyl (C=O) groups excluding carboxylic acids is 2. The molecule has 1 atom stereocenters. The molecule has 2 aliphatic rings. The molecule has 0 bridgehead atoms. The molecule has 8 nitrogen and oxygen atoms in total. The van der Waals surface area contributed by atoms with E-state index in [0.29, 0.717) is 21.7 Å². The van der Waals surface area contributed by atoms with Gasteiger partial charge >= 0.3 is 11.9 Å². The Morgan fingerprint density at radius 1 is 1.26 bits per heavy atom. The number of urea groups is 1. The van der Waals surface area contributed by atoms with Gasteiger partial charge < -0.3 is 4.57 Å². The Morgan fingerprint density at radius 2 is 2.03 bits per heavy atom. The molecule has 2 aliphatic heterocycles. The Hall–Kier alpha value is -3.62. The van der Waals surface area contributed by atoms with Crippen LogP contribution < -0.4 is 4.90 Å². The molecule has 1 aromatic carbocycles. The van der Waals surface area contributed by atoms with Gasteiger partial charge in [-0.1, -0.05) is 11.6 Å². The minimum atomic E-state index is -1.09. The Labute approximate surface area is 200 Å². The van der Waals surface area contributed by atoms with Crippen molar-refractivity contribution in [2.75, 3.05) is 11.4 Å². The number of rotatable bonds is 4. The number of hydrogen-bond acceptors (Lipinski definition) is 6. The second kappa shape index (κ2) is 8.30. The van der Waals surface area contributed by atoms with Crippen molar-refractivity contribution < 1.29 is 22.9 Å². The highest BCUT2D eigenvalue weighted by Crippen LogP contribution is 2.44. The van der Waals surface area contributed by atoms with E-state index in [1.54, 1.807) is 24.0 Å². The van der Waals surface area contributed by atoms with Gasteiger partial charge in [-0.05, 0) is 18.2 Å². The fraction of sp³-hybridized carbons (Fsp3) is 0.182. The van der Waals surface area contributed by atoms with Gasteiger partial charge in [-0.3, -0.25) is 4.98 Å². The third-order valence-corrected chi connectivity index (χ3v) is 7.12. The van der Waals surface area contributed by atoms with Gasteiger partial charge in [0.05, 0.1) is 36.2 Å². The molecular weight excluding hydrogens is 486 g/mol. The summed E-state index contributed by atoms with van der Waals surface area (Å²) in [6.07, 6.45) is 6.07. The SMILES string of the molecule is Cn1cnc2cncc(N3C(=O)C4SC(c5cc(F)c(F)cc5Cl)=CC4=[N+](CCC#N)C3=O)c21. The highest BCUT2D eigenvalue weighted by Gasteiger charge is 2.52. The molecule has 0 fully saturated rings. The first-order valence-electron chi connectivity index (χ1n) is 9.99. The minimum absolute atomic E-state index is 0.0257. The summed E-state index contributed by atoms with van der Waals surface area (Å²) >= 11 is 7.23. The number of hydrogen-bond donors (Lipinski definition) is 0. The molecule has 0 N–H and O–H groups in total. The van der Waals surface area contributed by atoms with Crippen molar-refractivity contribution in [3.8, 4) is 6.07 Å². The van der Waals surface area contributed by atoms with Crippen molar-refractivity contribution in [1.29, 1.82) is 5.26 Å². The first-order valence-corrected chi connectivity index (χ1v) is 11.2. The summed E-state index contributed by atoms with van der Waals surface area (Å²) in [5.74, 6) is -2.70. The molecule has 0 spiro atoms. The van der Waals surface area contributed by atoms with E-state index in [1.165, 1.54) is 17.0 Å². The summed E-state index contributed by atoms with van der Waals surface area (Å²) in [7, 11) is 1.73. The number of thioether (sulfide) groups is 1. The van der Waals surface area contributed by atoms with E-state index in [1.807, 2.05) is 6.07 Å². The maximum absolute atomic E-state index is 13.9. The van der Waals surface area contributed by atoms with Gasteiger partial charge in [-0.15, -0.1) is 16.7 Å². The molecule has 34 heavy (non-hydrogen) atoms. The number of nitriles is 1. The number of amides is 3. The van der Waals surface area contributed by atoms with Crippen LogP contribution in [-0.2, 0) is 11.8 Å². The van der Waals surface area contributed by atoms with Crippen molar-refractivity contribution in [1.82, 2.24) is 14.5 Å². The third-order valence-electron chi connectivity index (χ3n) is 5.54. The van der Waals surface area contributed by atoms with Crippen molar-refractivity contribution in [2.24, 2.45) is 7.05 Å². The number of halogens is 3. The van der Waals surface area contributed by atoms with Crippen molar-refractivity contribution in [3.63, 3.8) is 0 Å². The molecule has 3 amide bonds. The zero-order valence-electron chi connectivity index (χ0n) is 17.5. The maximum Gasteiger partial charge on any atom is 0.506 e. The molecule has 5 rings (SSSR count). The number of nitrogens with zero attached hydrogens (tertiary/aromatic N) is 6. The Balaban J connectivity index is 1.64. The number of fused-ring (bicyclic) bond motifs is 2. The predicted molar refractivity (Wildman–Crippen MR) is 122 cm³/mol. The van der Waals surface area contributed by atoms with Crippen LogP contribution in [0, 0.1) is 23.0 Å². The normalized spacial score (nSPS) is 17.9. The number of aryl methyl sites for hydroxylation is 1. The van der Waals surface area contributed by atoms with Crippen LogP contribution in [0.15, 0.2) is 36.9 Å². The standard InChI is InChI=1S/C22H14ClF2N6O2S/c1-29-10-28-15-8-27-9-17(19(15)29)31-21(32)20-16(30(22(31)33)4-2-3-26)7-18(34-20)11-5-13(24)14(25)6-12(11)23/h5-10,20H,2,4H2,1H3/q+1. The summed E-state index contributed by atoms with van der Waals surface area (Å²) in [5, 5.41) is 8.23. The van der Waals surface area contributed by atoms with Crippen LogP contribution in [0.5, 0.6) is 0 Å². The van der Waals surface area contributed by atoms with Crippen LogP contribution in [0.3, 0.4) is 0 Å². The number of anilines is 1. The Morgan fingerprint density at radius 3 is 2.79 bits per heavy atom. The molecule has 170 valence electrons. The van der Waals surface area contributed by atoms with Crippen molar-refractivity contribution in [3.05, 3.63) is 59.2 Å². The molecule has 0 radical (unpaired) electrons. The van der Waals surface area contributed by atoms with Crippen LogP contribution in [0.2, 0.25) is 5.02 Å². The van der Waals surface area contributed by atoms with E-state index >= 15 is 0 Å². The minimum Gasteiger partial charge on any atom is -0.330 e. The van der Waals surface area contributed by atoms with Gasteiger partial charge in [0.2, 0.25) is 0 Å². The van der Waals surface area contributed by atoms with Gasteiger partial charge in [0.1, 0.15) is 23.3 Å². The zero-order valence-corrected chi connectivity index (χ0v) is 19.1. The summed E-state index contributed by atoms with van der Waals surface area (Å²) < 4.78 is 30.5. The van der Waals surface area contributed by atoms with Gasteiger partial charge in [-0.2, -0.15) is 14.6 Å². The van der Waals surface area contributed by atoms with E-state index < -0.39 is 28.8 Å². The van der Waals surface area contributed by atoms with E-state index in [2.05, 4.69) is 9.97 Å². The predicted octanol–water partition coefficient (Wildman–Crippen LogP) is 3.89. The second-order valence-electron chi connectivity index (χ2n) is 7.58. The highest BCUT2D eigenvalue weighted by atomic mass is 35.5. The number of carbonyl (C=O) groups is 2. The van der Waals surface area contributed by atoms with E-state index in [0.717, 1.165) is 28.8 Å². The first-order chi connectivity index (χ1) is 16.3. The second-order valence-corrected chi connectivity index (χ2v) is 9.13. The maximum atomic E-state index is 13.9. The van der Waals surface area contributed by atoms with Gasteiger partial charge in [0.25, 0.3) is 0 Å². The third kappa shape index (κ3) is 3.38. The Kier molecular flexibility index (Phi) is 5.42. The molecule has 3 aromatic rings. The van der Waals surface area contributed by atoms with E-state index in [9.17, 15) is 18.4 Å². The smallest absolute Gasteiger partial charge is 0.330 e. The lowest BCUT2D eigenvalue weighted by Crippen LogP contribution is -2.55. The fourth-order valence-electron chi connectivity index (χ4n) is 3.99. The largest absolute Gasteiger partial charge is 0.506 e. The molecule has 0 saturated heterocycles. The van der Waals surface area contributed by atoms with Gasteiger partial charge in [0.15, 0.2) is 22.6 Å². The molecule has 4 heterocycles. The number of imide groups is 1. The lowest BCUT2D eigenvalue weighted by molar-refractivity contribution is -0.425. The average molecular weight is 500 g/mol. The van der Waals surface area contributed by atoms with E-state index in [4.69, 9.17) is 16.9 Å². The van der Waals surface area contributed by atoms with Crippen LogP contribution in [0.4, 0.5) is 19.3 Å². The fourth-order valence-corrected chi connectivity index (χ4v) is 5.56. The highest BCUT2D eigenvalue weighted by molar-refractivity contribution is 8.10. The molecule has 0 saturated carbocycles. The number of allylic oxidation sites excluding steroid dienone is 1. The first kappa shape index (κ1) is 22.2. The Bertz CT molecular complexity index is 1510. The van der Waals surface area contributed by atoms with Crippen LogP contribution in [0.25, 0.3) is 15.9 Å². The number of imidazole rings is 1. The van der Waals surface area contributed by atoms with Crippen molar-refractivity contribution in [2.45, 2.75) is 11.7 Å². The zero-order chi connectivity index (χ0) is 24.1. The number of aromatic nitrogens is 3. The number of pyridine rings is 1. The average Bonchev–Trinajstić information content (AvgIpc) is 3.41. The summed E-state index contributed by atoms with van der Waals surface area (Å²) in [6, 6.07) is 3.18. The van der Waals surface area contributed by atoms with Crippen molar-refractivity contribution >= 4 is 62.6 Å². The summed E-state index contributed by atoms with van der Waals surface area (Å²) in [4.78, 5) is 36.9. The van der Waals surface area contributed by atoms with Gasteiger partial charge in [0, 0.05) is 17.5 Å². The lowest BCUT2D eigenvalue weighted by atomic mass is 10.1. The van der Waals surface area contributed by atoms with E-state index in [-0.39, 0.29) is 29.2 Å². The summed E-state index contributed by atoms with van der Waals surface area (Å²) in [6.45, 7) is 0.0373. The molecule has 12 heteroatoms. The van der Waals surface area contributed by atoms with Crippen LogP contribution in [0.1, 0.15) is 12.0 Å². The molecule has 2 aromatic heterocycles. The van der Waals surface area contributed by atoms with Crippen LogP contribution in [-0.4, -0.2) is 48.6 Å². The quantitative estimate of drug-likeness (QED) is 0.399. The molecule has 0 aliphatic carbocycles. The summed E-state index contributed by atoms with van der Waals surface area (Å²) in [5.41, 5.74) is 1.86. The topological polar surface area (TPSA) is 94.9 Å². The monoisotopic (exact) mass is 499 g/mol. The molecule has 1 unspecified atom stereocenters. The number of benzene rings is 1. The van der Waals surface area contributed by atoms with Gasteiger partial charge in [-0.25, -0.2) is 18.6 Å². The van der Waals surface area contributed by atoms with Crippen LogP contribution >= 0.6 is 23.4 Å². The molecular formula is C22H14ClF2N6O2S+. The lowest BCUT2D eigenvalue weighted by Gasteiger charge is -2.24.